The second kappa shape index (κ2) is 10.8. The molecule has 0 heterocycles. The zero-order chi connectivity index (χ0) is 15.0. The second-order valence-electron chi connectivity index (χ2n) is 4.89. The first kappa shape index (κ1) is 20.1. The number of hydrogen-bond donors (Lipinski definition) is 2. The fourth-order valence-corrected chi connectivity index (χ4v) is 1.84. The molecule has 120 valence electrons. The van der Waals surface area contributed by atoms with E-state index in [1.165, 1.54) is 0 Å². The Bertz CT molecular complexity index is 441. The number of nitrogens with one attached hydrogen (secondary N) is 2. The third-order valence-corrected chi connectivity index (χ3v) is 2.71. The zero-order valence-corrected chi connectivity index (χ0v) is 15.6. The molecule has 21 heavy (non-hydrogen) atoms. The fraction of sp³-hybridized carbons (Fsp3) is 0.533. The van der Waals surface area contributed by atoms with Crippen molar-refractivity contribution in [3.63, 3.8) is 0 Å². The molecule has 0 aliphatic carbocycles. The van der Waals surface area contributed by atoms with Crippen LogP contribution in [0.15, 0.2) is 23.2 Å². The summed E-state index contributed by atoms with van der Waals surface area (Å²) in [7, 11) is 3.85. The number of aliphatic imine (C=N–C) groups is 1. The SMILES string of the molecule is CCNC(=NCc1ccc(CN(C)C)c(F)c1)NCC.I. The van der Waals surface area contributed by atoms with Crippen LogP contribution in [-0.2, 0) is 13.1 Å². The number of guanidine groups is 1. The average molecular weight is 408 g/mol. The van der Waals surface area contributed by atoms with Crippen molar-refractivity contribution in [1.29, 1.82) is 0 Å². The highest BCUT2D eigenvalue weighted by molar-refractivity contribution is 14.0. The summed E-state index contributed by atoms with van der Waals surface area (Å²) < 4.78 is 13.9. The maximum atomic E-state index is 13.9. The molecular formula is C15H26FIN4. The highest BCUT2D eigenvalue weighted by Gasteiger charge is 2.05. The van der Waals surface area contributed by atoms with Gasteiger partial charge in [-0.3, -0.25) is 0 Å². The normalized spacial score (nSPS) is 10.0. The minimum Gasteiger partial charge on any atom is -0.357 e. The van der Waals surface area contributed by atoms with Crippen LogP contribution in [0.4, 0.5) is 4.39 Å². The standard InChI is InChI=1S/C15H25FN4.HI/c1-5-17-15(18-6-2)19-10-12-7-8-13(11-20(3)4)14(16)9-12;/h7-9H,5-6,10-11H2,1-4H3,(H2,17,18,19);1H. The molecule has 0 saturated heterocycles. The molecule has 0 aliphatic heterocycles. The van der Waals surface area contributed by atoms with Gasteiger partial charge in [-0.15, -0.1) is 24.0 Å². The molecule has 0 amide bonds. The van der Waals surface area contributed by atoms with Gasteiger partial charge in [-0.1, -0.05) is 12.1 Å². The van der Waals surface area contributed by atoms with Crippen LogP contribution in [0.5, 0.6) is 0 Å². The van der Waals surface area contributed by atoms with Gasteiger partial charge in [0.1, 0.15) is 5.82 Å². The van der Waals surface area contributed by atoms with E-state index in [1.807, 2.05) is 45.0 Å². The molecule has 1 rings (SSSR count). The molecule has 6 heteroatoms. The van der Waals surface area contributed by atoms with Gasteiger partial charge in [-0.2, -0.15) is 0 Å². The monoisotopic (exact) mass is 408 g/mol. The number of benzene rings is 1. The van der Waals surface area contributed by atoms with E-state index in [0.29, 0.717) is 18.7 Å². The van der Waals surface area contributed by atoms with Crippen LogP contribution in [0.2, 0.25) is 0 Å². The minimum atomic E-state index is -0.167. The van der Waals surface area contributed by atoms with Gasteiger partial charge in [0.25, 0.3) is 0 Å². The van der Waals surface area contributed by atoms with Gasteiger partial charge in [0, 0.05) is 25.2 Å². The summed E-state index contributed by atoms with van der Waals surface area (Å²) >= 11 is 0. The summed E-state index contributed by atoms with van der Waals surface area (Å²) in [5, 5.41) is 6.29. The molecule has 1 aromatic rings. The van der Waals surface area contributed by atoms with Crippen molar-refractivity contribution in [3.05, 3.63) is 35.1 Å². The molecule has 0 fully saturated rings. The van der Waals surface area contributed by atoms with Crippen molar-refractivity contribution < 1.29 is 4.39 Å². The molecule has 0 saturated carbocycles. The first-order valence-electron chi connectivity index (χ1n) is 7.01. The Labute approximate surface area is 144 Å². The zero-order valence-electron chi connectivity index (χ0n) is 13.2. The van der Waals surface area contributed by atoms with Crippen LogP contribution in [0.25, 0.3) is 0 Å². The lowest BCUT2D eigenvalue weighted by atomic mass is 10.1. The summed E-state index contributed by atoms with van der Waals surface area (Å²) in [6, 6.07) is 5.33. The molecule has 4 nitrogen and oxygen atoms in total. The van der Waals surface area contributed by atoms with Crippen LogP contribution in [0.1, 0.15) is 25.0 Å². The van der Waals surface area contributed by atoms with Crippen molar-refractivity contribution in [3.8, 4) is 0 Å². The number of halogens is 2. The van der Waals surface area contributed by atoms with Crippen LogP contribution in [0, 0.1) is 5.82 Å². The van der Waals surface area contributed by atoms with E-state index in [2.05, 4.69) is 15.6 Å². The quantitative estimate of drug-likeness (QED) is 0.432. The Hall–Kier alpha value is -0.890. The summed E-state index contributed by atoms with van der Waals surface area (Å²) in [5.74, 6) is 0.590. The largest absolute Gasteiger partial charge is 0.357 e. The maximum Gasteiger partial charge on any atom is 0.191 e. The summed E-state index contributed by atoms with van der Waals surface area (Å²) in [6.45, 7) is 6.72. The lowest BCUT2D eigenvalue weighted by molar-refractivity contribution is 0.392. The average Bonchev–Trinajstić information content (AvgIpc) is 2.39. The van der Waals surface area contributed by atoms with Gasteiger partial charge < -0.3 is 15.5 Å². The molecule has 0 spiro atoms. The van der Waals surface area contributed by atoms with Gasteiger partial charge in [0.05, 0.1) is 6.54 Å². The lowest BCUT2D eigenvalue weighted by Crippen LogP contribution is -2.36. The predicted molar refractivity (Wildman–Crippen MR) is 97.7 cm³/mol. The topological polar surface area (TPSA) is 39.7 Å². The summed E-state index contributed by atoms with van der Waals surface area (Å²) in [6.07, 6.45) is 0. The van der Waals surface area contributed by atoms with E-state index < -0.39 is 0 Å². The van der Waals surface area contributed by atoms with E-state index >= 15 is 0 Å². The first-order valence-corrected chi connectivity index (χ1v) is 7.01. The predicted octanol–water partition coefficient (Wildman–Crippen LogP) is 2.58. The van der Waals surface area contributed by atoms with E-state index in [4.69, 9.17) is 0 Å². The van der Waals surface area contributed by atoms with Crippen LogP contribution in [-0.4, -0.2) is 38.0 Å². The van der Waals surface area contributed by atoms with E-state index in [-0.39, 0.29) is 29.8 Å². The van der Waals surface area contributed by atoms with Crippen molar-refractivity contribution in [2.24, 2.45) is 4.99 Å². The molecular weight excluding hydrogens is 382 g/mol. The van der Waals surface area contributed by atoms with Gasteiger partial charge in [-0.05, 0) is 39.6 Å². The Morgan fingerprint density at radius 1 is 1.19 bits per heavy atom. The van der Waals surface area contributed by atoms with Gasteiger partial charge >= 0.3 is 0 Å². The number of hydrogen-bond acceptors (Lipinski definition) is 2. The highest BCUT2D eigenvalue weighted by Crippen LogP contribution is 2.12. The molecule has 0 radical (unpaired) electrons. The molecule has 2 N–H and O–H groups in total. The van der Waals surface area contributed by atoms with Gasteiger partial charge in [0.2, 0.25) is 0 Å². The third-order valence-electron chi connectivity index (χ3n) is 2.71. The van der Waals surface area contributed by atoms with E-state index in [0.717, 1.165) is 24.6 Å². The minimum absolute atomic E-state index is 0. The molecule has 0 aromatic heterocycles. The number of nitrogens with zero attached hydrogens (tertiary/aromatic N) is 2. The Morgan fingerprint density at radius 2 is 1.81 bits per heavy atom. The Kier molecular flexibility index (Phi) is 10.3. The van der Waals surface area contributed by atoms with Crippen LogP contribution < -0.4 is 10.6 Å². The van der Waals surface area contributed by atoms with Crippen molar-refractivity contribution in [1.82, 2.24) is 15.5 Å². The molecule has 0 unspecified atom stereocenters. The van der Waals surface area contributed by atoms with Gasteiger partial charge in [0.15, 0.2) is 5.96 Å². The van der Waals surface area contributed by atoms with Crippen LogP contribution >= 0.6 is 24.0 Å². The molecule has 0 atom stereocenters. The first-order chi connectivity index (χ1) is 9.56. The van der Waals surface area contributed by atoms with Gasteiger partial charge in [-0.25, -0.2) is 9.38 Å². The van der Waals surface area contributed by atoms with E-state index in [1.54, 1.807) is 6.07 Å². The molecule has 0 aliphatic rings. The maximum absolute atomic E-state index is 13.9. The Balaban J connectivity index is 0.00000400. The Morgan fingerprint density at radius 3 is 2.29 bits per heavy atom. The second-order valence-corrected chi connectivity index (χ2v) is 4.89. The smallest absolute Gasteiger partial charge is 0.191 e. The molecule has 1 aromatic carbocycles. The van der Waals surface area contributed by atoms with Crippen molar-refractivity contribution in [2.45, 2.75) is 26.9 Å². The molecule has 0 bridgehead atoms. The third kappa shape index (κ3) is 7.61. The summed E-state index contributed by atoms with van der Waals surface area (Å²) in [5.41, 5.74) is 1.58. The summed E-state index contributed by atoms with van der Waals surface area (Å²) in [4.78, 5) is 6.37. The highest BCUT2D eigenvalue weighted by atomic mass is 127. The fourth-order valence-electron chi connectivity index (χ4n) is 1.84. The lowest BCUT2D eigenvalue weighted by Gasteiger charge is -2.12. The number of rotatable bonds is 6. The van der Waals surface area contributed by atoms with E-state index in [9.17, 15) is 4.39 Å². The van der Waals surface area contributed by atoms with Crippen molar-refractivity contribution >= 4 is 29.9 Å². The van der Waals surface area contributed by atoms with Crippen molar-refractivity contribution in [2.75, 3.05) is 27.2 Å². The van der Waals surface area contributed by atoms with Crippen LogP contribution in [0.3, 0.4) is 0 Å².